The Bertz CT molecular complexity index is 1260. The van der Waals surface area contributed by atoms with Gasteiger partial charge in [-0.15, -0.1) is 5.10 Å². The lowest BCUT2D eigenvalue weighted by molar-refractivity contribution is -0.137. The number of nitrogens with zero attached hydrogens (tertiary/aromatic N) is 6. The maximum atomic E-state index is 13.9. The van der Waals surface area contributed by atoms with Crippen molar-refractivity contribution in [1.29, 1.82) is 0 Å². The van der Waals surface area contributed by atoms with Gasteiger partial charge in [0, 0.05) is 18.9 Å². The van der Waals surface area contributed by atoms with Crippen LogP contribution >= 0.6 is 0 Å². The molecule has 2 atom stereocenters. The molecule has 0 spiro atoms. The van der Waals surface area contributed by atoms with Crippen molar-refractivity contribution in [2.75, 3.05) is 0 Å². The van der Waals surface area contributed by atoms with Gasteiger partial charge in [-0.1, -0.05) is 5.21 Å². The van der Waals surface area contributed by atoms with Gasteiger partial charge in [-0.25, -0.2) is 23.0 Å². The number of nitrogens with two attached hydrogens (primary N) is 1. The number of hydrogen-bond acceptors (Lipinski definition) is 6. The summed E-state index contributed by atoms with van der Waals surface area (Å²) < 4.78 is 68.3. The van der Waals surface area contributed by atoms with Crippen LogP contribution in [-0.4, -0.2) is 47.6 Å². The second kappa shape index (κ2) is 9.62. The van der Waals surface area contributed by atoms with E-state index in [2.05, 4.69) is 25.7 Å². The molecule has 14 heteroatoms. The van der Waals surface area contributed by atoms with Gasteiger partial charge in [-0.2, -0.15) is 18.3 Å². The standard InChI is InChI=1S/C23H27F5N8O/c24-22(25)5-3-14(4-6-22)20(33-21(37)17-11-30-34-35(17)8-7-23(26,27)28)16-12-36-18(32-16)9-15(10-31-36)19(29)13-1-2-13/h9-14,19-20H,1-8,29H2,(H,33,37)/t19?,20-/m0/s1. The van der Waals surface area contributed by atoms with Crippen LogP contribution in [-0.2, 0) is 6.54 Å². The lowest BCUT2D eigenvalue weighted by Gasteiger charge is -2.33. The molecule has 0 aromatic carbocycles. The van der Waals surface area contributed by atoms with Crippen molar-refractivity contribution in [2.24, 2.45) is 17.6 Å². The summed E-state index contributed by atoms with van der Waals surface area (Å²) in [5.74, 6) is -3.44. The second-order valence-corrected chi connectivity index (χ2v) is 9.97. The normalized spacial score (nSPS) is 20.2. The number of aromatic nitrogens is 6. The van der Waals surface area contributed by atoms with E-state index in [-0.39, 0.29) is 43.3 Å². The van der Waals surface area contributed by atoms with E-state index in [4.69, 9.17) is 5.73 Å². The molecule has 0 bridgehead atoms. The van der Waals surface area contributed by atoms with Gasteiger partial charge in [0.2, 0.25) is 5.92 Å². The third-order valence-corrected chi connectivity index (χ3v) is 7.17. The molecule has 3 N–H and O–H groups in total. The lowest BCUT2D eigenvalue weighted by Crippen LogP contribution is -2.38. The molecule has 3 heterocycles. The van der Waals surface area contributed by atoms with Crippen molar-refractivity contribution in [3.05, 3.63) is 41.6 Å². The molecule has 200 valence electrons. The fourth-order valence-electron chi connectivity index (χ4n) is 4.85. The number of fused-ring (bicyclic) bond motifs is 1. The van der Waals surface area contributed by atoms with Crippen molar-refractivity contribution < 1.29 is 26.7 Å². The van der Waals surface area contributed by atoms with Gasteiger partial charge in [0.05, 0.1) is 43.3 Å². The zero-order valence-corrected chi connectivity index (χ0v) is 19.8. The fourth-order valence-corrected chi connectivity index (χ4v) is 4.85. The van der Waals surface area contributed by atoms with Crippen molar-refractivity contribution in [1.82, 2.24) is 34.9 Å². The molecule has 2 fully saturated rings. The van der Waals surface area contributed by atoms with Crippen LogP contribution in [0.25, 0.3) is 5.65 Å². The van der Waals surface area contributed by atoms with Gasteiger partial charge in [0.1, 0.15) is 5.69 Å². The topological polar surface area (TPSA) is 116 Å². The minimum atomic E-state index is -4.43. The zero-order valence-electron chi connectivity index (χ0n) is 19.8. The number of nitrogens with one attached hydrogen (secondary N) is 1. The molecule has 3 aromatic rings. The number of carbonyl (C=O) groups excluding carboxylic acids is 1. The van der Waals surface area contributed by atoms with Crippen LogP contribution in [0.15, 0.2) is 24.7 Å². The molecule has 37 heavy (non-hydrogen) atoms. The fraction of sp³-hybridized carbons (Fsp3) is 0.609. The third-order valence-electron chi connectivity index (χ3n) is 7.17. The Labute approximate surface area is 208 Å². The molecule has 2 saturated carbocycles. The number of imidazole rings is 1. The summed E-state index contributed by atoms with van der Waals surface area (Å²) in [6, 6.07) is 0.902. The highest BCUT2D eigenvalue weighted by Crippen LogP contribution is 2.42. The summed E-state index contributed by atoms with van der Waals surface area (Å²) in [6.45, 7) is -0.575. The molecule has 5 rings (SSSR count). The van der Waals surface area contributed by atoms with E-state index in [1.165, 1.54) is 4.52 Å². The van der Waals surface area contributed by atoms with E-state index in [0.29, 0.717) is 17.3 Å². The molecule has 2 aliphatic rings. The highest BCUT2D eigenvalue weighted by Gasteiger charge is 2.40. The van der Waals surface area contributed by atoms with Crippen LogP contribution in [0.1, 0.15) is 78.8 Å². The van der Waals surface area contributed by atoms with Gasteiger partial charge >= 0.3 is 6.18 Å². The average Bonchev–Trinajstić information content (AvgIpc) is 3.42. The zero-order chi connectivity index (χ0) is 26.4. The van der Waals surface area contributed by atoms with E-state index in [9.17, 15) is 26.7 Å². The van der Waals surface area contributed by atoms with Gasteiger partial charge in [0.15, 0.2) is 5.65 Å². The molecule has 2 aliphatic carbocycles. The molecule has 1 amide bonds. The van der Waals surface area contributed by atoms with Crippen LogP contribution in [0.4, 0.5) is 22.0 Å². The van der Waals surface area contributed by atoms with E-state index in [0.717, 1.165) is 29.3 Å². The van der Waals surface area contributed by atoms with E-state index >= 15 is 0 Å². The highest BCUT2D eigenvalue weighted by molar-refractivity contribution is 5.92. The van der Waals surface area contributed by atoms with E-state index in [1.54, 1.807) is 12.4 Å². The number of halogens is 5. The first kappa shape index (κ1) is 25.5. The Kier molecular flexibility index (Phi) is 6.62. The molecular weight excluding hydrogens is 499 g/mol. The molecule has 0 aliphatic heterocycles. The summed E-state index contributed by atoms with van der Waals surface area (Å²) in [4.78, 5) is 17.8. The predicted molar refractivity (Wildman–Crippen MR) is 120 cm³/mol. The summed E-state index contributed by atoms with van der Waals surface area (Å²) >= 11 is 0. The molecule has 0 saturated heterocycles. The summed E-state index contributed by atoms with van der Waals surface area (Å²) in [7, 11) is 0. The SMILES string of the molecule is NC(c1cnn2cc([C@@H](NC(=O)c3cnnn3CCC(F)(F)F)C3CCC(F)(F)CC3)nc2c1)C1CC1. The van der Waals surface area contributed by atoms with E-state index in [1.807, 2.05) is 6.07 Å². The number of aryl methyl sites for hydroxylation is 1. The number of hydrogen-bond donors (Lipinski definition) is 2. The Balaban J connectivity index is 1.41. The molecule has 9 nitrogen and oxygen atoms in total. The second-order valence-electron chi connectivity index (χ2n) is 9.97. The van der Waals surface area contributed by atoms with Crippen LogP contribution in [0.3, 0.4) is 0 Å². The van der Waals surface area contributed by atoms with Gasteiger partial charge in [-0.05, 0) is 49.1 Å². The molecule has 1 unspecified atom stereocenters. The van der Waals surface area contributed by atoms with Crippen molar-refractivity contribution in [2.45, 2.75) is 75.7 Å². The smallest absolute Gasteiger partial charge is 0.342 e. The quantitative estimate of drug-likeness (QED) is 0.429. The minimum absolute atomic E-state index is 0.142. The maximum absolute atomic E-state index is 13.9. The van der Waals surface area contributed by atoms with Gasteiger partial charge < -0.3 is 11.1 Å². The number of alkyl halides is 5. The number of carbonyl (C=O) groups is 1. The Morgan fingerprint density at radius 2 is 1.89 bits per heavy atom. The summed E-state index contributed by atoms with van der Waals surface area (Å²) in [5.41, 5.74) is 7.90. The van der Waals surface area contributed by atoms with Crippen LogP contribution in [0, 0.1) is 11.8 Å². The first-order chi connectivity index (χ1) is 17.5. The number of rotatable bonds is 8. The summed E-state index contributed by atoms with van der Waals surface area (Å²) in [5, 5.41) is 14.4. The highest BCUT2D eigenvalue weighted by atomic mass is 19.4. The van der Waals surface area contributed by atoms with Gasteiger partial charge in [-0.3, -0.25) is 4.79 Å². The third kappa shape index (κ3) is 5.89. The average molecular weight is 527 g/mol. The Morgan fingerprint density at radius 1 is 1.16 bits per heavy atom. The van der Waals surface area contributed by atoms with Crippen LogP contribution in [0.2, 0.25) is 0 Å². The molecule has 0 radical (unpaired) electrons. The summed E-state index contributed by atoms with van der Waals surface area (Å²) in [6.07, 6.45) is 0.491. The van der Waals surface area contributed by atoms with E-state index < -0.39 is 37.0 Å². The van der Waals surface area contributed by atoms with Crippen molar-refractivity contribution in [3.8, 4) is 0 Å². The van der Waals surface area contributed by atoms with Gasteiger partial charge in [0.25, 0.3) is 5.91 Å². The Hall–Kier alpha value is -3.16. The minimum Gasteiger partial charge on any atom is -0.342 e. The van der Waals surface area contributed by atoms with Crippen LogP contribution in [0.5, 0.6) is 0 Å². The van der Waals surface area contributed by atoms with Crippen LogP contribution < -0.4 is 11.1 Å². The Morgan fingerprint density at radius 3 is 2.57 bits per heavy atom. The largest absolute Gasteiger partial charge is 0.390 e. The first-order valence-corrected chi connectivity index (χ1v) is 12.2. The molecule has 3 aromatic heterocycles. The first-order valence-electron chi connectivity index (χ1n) is 12.2. The monoisotopic (exact) mass is 526 g/mol. The van der Waals surface area contributed by atoms with Crippen molar-refractivity contribution >= 4 is 11.6 Å². The number of amides is 1. The molecular formula is C23H27F5N8O. The lowest BCUT2D eigenvalue weighted by atomic mass is 9.81. The van der Waals surface area contributed by atoms with Crippen molar-refractivity contribution in [3.63, 3.8) is 0 Å². The maximum Gasteiger partial charge on any atom is 0.390 e. The predicted octanol–water partition coefficient (Wildman–Crippen LogP) is 3.98.